The molecule has 0 radical (unpaired) electrons. The summed E-state index contributed by atoms with van der Waals surface area (Å²) in [5.41, 5.74) is -0.752. The third-order valence-corrected chi connectivity index (χ3v) is 2.41. The van der Waals surface area contributed by atoms with Gasteiger partial charge in [-0.05, 0) is 29.8 Å². The van der Waals surface area contributed by atoms with Crippen LogP contribution in [0, 0.1) is 17.5 Å². The van der Waals surface area contributed by atoms with E-state index in [1.807, 2.05) is 0 Å². The molecule has 0 heterocycles. The zero-order valence-corrected chi connectivity index (χ0v) is 9.64. The highest BCUT2D eigenvalue weighted by molar-refractivity contribution is 5.65. The van der Waals surface area contributed by atoms with Crippen molar-refractivity contribution in [2.45, 2.75) is 6.36 Å². The number of rotatable bonds is 2. The lowest BCUT2D eigenvalue weighted by Gasteiger charge is -2.11. The molecule has 106 valence electrons. The van der Waals surface area contributed by atoms with Crippen molar-refractivity contribution >= 4 is 0 Å². The van der Waals surface area contributed by atoms with Crippen molar-refractivity contribution in [2.75, 3.05) is 0 Å². The molecule has 0 fully saturated rings. The summed E-state index contributed by atoms with van der Waals surface area (Å²) in [6, 6.07) is 5.19. The normalized spacial score (nSPS) is 11.5. The van der Waals surface area contributed by atoms with Crippen LogP contribution >= 0.6 is 0 Å². The Kier molecular flexibility index (Phi) is 3.61. The van der Waals surface area contributed by atoms with Crippen LogP contribution in [0.4, 0.5) is 26.3 Å². The average Bonchev–Trinajstić information content (AvgIpc) is 2.31. The highest BCUT2D eigenvalue weighted by atomic mass is 19.4. The summed E-state index contributed by atoms with van der Waals surface area (Å²) in [6.45, 7) is 0. The Balaban J connectivity index is 2.44. The van der Waals surface area contributed by atoms with E-state index >= 15 is 0 Å². The van der Waals surface area contributed by atoms with Gasteiger partial charge in [-0.15, -0.1) is 13.2 Å². The second kappa shape index (κ2) is 5.07. The van der Waals surface area contributed by atoms with Crippen molar-refractivity contribution < 1.29 is 31.1 Å². The smallest absolute Gasteiger partial charge is 0.403 e. The molecule has 0 saturated heterocycles. The highest BCUT2D eigenvalue weighted by Crippen LogP contribution is 2.31. The predicted molar refractivity (Wildman–Crippen MR) is 58.4 cm³/mol. The molecule has 2 rings (SSSR count). The van der Waals surface area contributed by atoms with E-state index in [0.29, 0.717) is 12.1 Å². The van der Waals surface area contributed by atoms with Crippen molar-refractivity contribution in [1.29, 1.82) is 0 Å². The minimum Gasteiger partial charge on any atom is -0.403 e. The van der Waals surface area contributed by atoms with Gasteiger partial charge in [0.2, 0.25) is 0 Å². The molecule has 0 aliphatic carbocycles. The predicted octanol–water partition coefficient (Wildman–Crippen LogP) is 4.67. The first kappa shape index (κ1) is 14.2. The molecule has 7 heteroatoms. The lowest BCUT2D eigenvalue weighted by molar-refractivity contribution is -0.275. The van der Waals surface area contributed by atoms with E-state index in [1.165, 1.54) is 0 Å². The third-order valence-electron chi connectivity index (χ3n) is 2.41. The van der Waals surface area contributed by atoms with Gasteiger partial charge in [-0.2, -0.15) is 0 Å². The van der Waals surface area contributed by atoms with Crippen molar-refractivity contribution in [1.82, 2.24) is 0 Å². The molecule has 20 heavy (non-hydrogen) atoms. The molecule has 0 aliphatic rings. The van der Waals surface area contributed by atoms with Crippen LogP contribution < -0.4 is 4.74 Å². The quantitative estimate of drug-likeness (QED) is 0.731. The van der Waals surface area contributed by atoms with E-state index < -0.39 is 35.1 Å². The molecule has 0 atom stereocenters. The third kappa shape index (κ3) is 3.04. The first-order valence-electron chi connectivity index (χ1n) is 5.27. The zero-order chi connectivity index (χ0) is 14.9. The lowest BCUT2D eigenvalue weighted by atomic mass is 10.0. The monoisotopic (exact) mass is 292 g/mol. The summed E-state index contributed by atoms with van der Waals surface area (Å²) in [4.78, 5) is 0. The molecular weight excluding hydrogens is 286 g/mol. The first-order valence-corrected chi connectivity index (χ1v) is 5.27. The summed E-state index contributed by atoms with van der Waals surface area (Å²) in [6.07, 6.45) is -5.05. The number of alkyl halides is 3. The van der Waals surface area contributed by atoms with Gasteiger partial charge in [0.05, 0.1) is 5.56 Å². The van der Waals surface area contributed by atoms with E-state index in [4.69, 9.17) is 0 Å². The molecule has 0 bridgehead atoms. The number of benzene rings is 2. The molecule has 2 aromatic carbocycles. The maximum absolute atomic E-state index is 13.5. The Bertz CT molecular complexity index is 615. The second-order valence-electron chi connectivity index (χ2n) is 3.79. The van der Waals surface area contributed by atoms with E-state index in [9.17, 15) is 26.3 Å². The topological polar surface area (TPSA) is 9.23 Å². The van der Waals surface area contributed by atoms with Gasteiger partial charge in [0.1, 0.15) is 11.6 Å². The first-order chi connectivity index (χ1) is 9.28. The summed E-state index contributed by atoms with van der Waals surface area (Å²) >= 11 is 0. The molecular formula is C13H6F6O. The second-order valence-corrected chi connectivity index (χ2v) is 3.79. The Hall–Kier alpha value is -2.18. The number of halogens is 6. The molecule has 0 unspecified atom stereocenters. The number of hydrogen-bond acceptors (Lipinski definition) is 1. The van der Waals surface area contributed by atoms with Gasteiger partial charge >= 0.3 is 6.36 Å². The zero-order valence-electron chi connectivity index (χ0n) is 9.64. The van der Waals surface area contributed by atoms with Crippen LogP contribution in [0.15, 0.2) is 36.4 Å². The molecule has 0 saturated carbocycles. The fourth-order valence-electron chi connectivity index (χ4n) is 1.64. The van der Waals surface area contributed by atoms with E-state index in [2.05, 4.69) is 4.74 Å². The molecule has 1 nitrogen and oxygen atoms in total. The fourth-order valence-corrected chi connectivity index (χ4v) is 1.64. The Labute approximate surface area is 109 Å². The molecule has 0 aliphatic heterocycles. The van der Waals surface area contributed by atoms with Crippen molar-refractivity contribution in [3.05, 3.63) is 53.8 Å². The Morgan fingerprint density at radius 1 is 0.800 bits per heavy atom. The molecule has 0 aromatic heterocycles. The maximum Gasteiger partial charge on any atom is 0.573 e. The van der Waals surface area contributed by atoms with Gasteiger partial charge in [-0.3, -0.25) is 0 Å². The van der Waals surface area contributed by atoms with Crippen LogP contribution in [0.1, 0.15) is 0 Å². The number of ether oxygens (including phenoxy) is 1. The van der Waals surface area contributed by atoms with Gasteiger partial charge in [-0.25, -0.2) is 13.2 Å². The van der Waals surface area contributed by atoms with Gasteiger partial charge in [0, 0.05) is 0 Å². The van der Waals surface area contributed by atoms with Gasteiger partial charge < -0.3 is 4.74 Å². The van der Waals surface area contributed by atoms with Crippen LogP contribution in [0.25, 0.3) is 11.1 Å². The molecule has 0 spiro atoms. The summed E-state index contributed by atoms with van der Waals surface area (Å²) < 4.78 is 79.7. The maximum atomic E-state index is 13.5. The Morgan fingerprint density at radius 2 is 1.40 bits per heavy atom. The van der Waals surface area contributed by atoms with Crippen LogP contribution in [0.3, 0.4) is 0 Å². The van der Waals surface area contributed by atoms with Crippen LogP contribution in [-0.2, 0) is 0 Å². The van der Waals surface area contributed by atoms with Gasteiger partial charge in [-0.1, -0.05) is 12.1 Å². The van der Waals surface area contributed by atoms with Crippen molar-refractivity contribution in [3.63, 3.8) is 0 Å². The summed E-state index contributed by atoms with van der Waals surface area (Å²) in [7, 11) is 0. The van der Waals surface area contributed by atoms with E-state index in [0.717, 1.165) is 24.3 Å². The van der Waals surface area contributed by atoms with Crippen molar-refractivity contribution in [3.8, 4) is 16.9 Å². The number of hydrogen-bond donors (Lipinski definition) is 0. The Morgan fingerprint density at radius 3 is 1.90 bits per heavy atom. The average molecular weight is 292 g/mol. The molecule has 0 amide bonds. The lowest BCUT2D eigenvalue weighted by Crippen LogP contribution is -2.17. The minimum atomic E-state index is -5.05. The SMILES string of the molecule is Fc1cc(-c2c(F)cccc2F)ccc1OC(F)(F)F. The summed E-state index contributed by atoms with van der Waals surface area (Å²) in [5.74, 6) is -4.34. The highest BCUT2D eigenvalue weighted by Gasteiger charge is 2.32. The standard InChI is InChI=1S/C13H6F6O/c14-8-2-1-3-9(15)12(8)7-4-5-11(10(16)6-7)20-13(17,18)19/h1-6H. The van der Waals surface area contributed by atoms with Crippen LogP contribution in [0.2, 0.25) is 0 Å². The molecule has 2 aromatic rings. The molecule has 0 N–H and O–H groups in total. The van der Waals surface area contributed by atoms with Crippen molar-refractivity contribution in [2.24, 2.45) is 0 Å². The van der Waals surface area contributed by atoms with Gasteiger partial charge in [0.15, 0.2) is 11.6 Å². The van der Waals surface area contributed by atoms with Gasteiger partial charge in [0.25, 0.3) is 0 Å². The largest absolute Gasteiger partial charge is 0.573 e. The minimum absolute atomic E-state index is 0.229. The van der Waals surface area contributed by atoms with E-state index in [1.54, 1.807) is 0 Å². The van der Waals surface area contributed by atoms with E-state index in [-0.39, 0.29) is 5.56 Å². The van der Waals surface area contributed by atoms with Crippen LogP contribution in [-0.4, -0.2) is 6.36 Å². The van der Waals surface area contributed by atoms with Crippen LogP contribution in [0.5, 0.6) is 5.75 Å². The fraction of sp³-hybridized carbons (Fsp3) is 0.0769. The summed E-state index contributed by atoms with van der Waals surface area (Å²) in [5, 5.41) is 0.